The van der Waals surface area contributed by atoms with Crippen LogP contribution in [0.5, 0.6) is 0 Å². The first kappa shape index (κ1) is 14.8. The standard InChI is InChI=1S/C16H23ClFN/c1-16(9-4-3-5-10-16)15(19-2)11-12-13(17)7-6-8-14(12)18/h6-8,15,19H,3-5,9-11H2,1-2H3. The molecule has 2 rings (SSSR count). The highest BCUT2D eigenvalue weighted by Gasteiger charge is 2.35. The molecule has 1 nitrogen and oxygen atoms in total. The molecule has 1 aliphatic rings. The second-order valence-electron chi connectivity index (χ2n) is 5.96. The van der Waals surface area contributed by atoms with E-state index in [0.29, 0.717) is 17.0 Å². The van der Waals surface area contributed by atoms with E-state index in [1.807, 2.05) is 7.05 Å². The maximum absolute atomic E-state index is 13.9. The van der Waals surface area contributed by atoms with Crippen molar-refractivity contribution in [1.29, 1.82) is 0 Å². The van der Waals surface area contributed by atoms with Gasteiger partial charge in [-0.1, -0.05) is 43.9 Å². The van der Waals surface area contributed by atoms with Gasteiger partial charge in [0, 0.05) is 16.6 Å². The van der Waals surface area contributed by atoms with Crippen LogP contribution in [0, 0.1) is 11.2 Å². The number of likely N-dealkylation sites (N-methyl/N-ethyl adjacent to an activating group) is 1. The minimum Gasteiger partial charge on any atom is -0.316 e. The van der Waals surface area contributed by atoms with Crippen LogP contribution in [-0.4, -0.2) is 13.1 Å². The fourth-order valence-corrected chi connectivity index (χ4v) is 3.58. The molecule has 0 amide bonds. The zero-order valence-corrected chi connectivity index (χ0v) is 12.6. The van der Waals surface area contributed by atoms with Crippen molar-refractivity contribution in [2.45, 2.75) is 51.5 Å². The summed E-state index contributed by atoms with van der Waals surface area (Å²) in [5.74, 6) is -0.188. The summed E-state index contributed by atoms with van der Waals surface area (Å²) in [6, 6.07) is 5.22. The molecule has 0 radical (unpaired) electrons. The number of hydrogen-bond donors (Lipinski definition) is 1. The lowest BCUT2D eigenvalue weighted by Gasteiger charge is -2.41. The SMILES string of the molecule is CNC(Cc1c(F)cccc1Cl)C1(C)CCCCC1. The molecule has 0 spiro atoms. The van der Waals surface area contributed by atoms with Gasteiger partial charge in [0.25, 0.3) is 0 Å². The van der Waals surface area contributed by atoms with Crippen LogP contribution in [0.4, 0.5) is 4.39 Å². The van der Waals surface area contributed by atoms with Gasteiger partial charge >= 0.3 is 0 Å². The fourth-order valence-electron chi connectivity index (χ4n) is 3.34. The molecule has 0 saturated heterocycles. The molecule has 1 fully saturated rings. The third-order valence-corrected chi connectivity index (χ3v) is 5.01. The van der Waals surface area contributed by atoms with Gasteiger partial charge in [-0.3, -0.25) is 0 Å². The molecule has 0 aromatic heterocycles. The Morgan fingerprint density at radius 3 is 2.58 bits per heavy atom. The normalized spacial score (nSPS) is 20.2. The van der Waals surface area contributed by atoms with Crippen LogP contribution in [0.2, 0.25) is 5.02 Å². The highest BCUT2D eigenvalue weighted by molar-refractivity contribution is 6.31. The lowest BCUT2D eigenvalue weighted by Crippen LogP contribution is -2.44. The van der Waals surface area contributed by atoms with Gasteiger partial charge in [0.15, 0.2) is 0 Å². The van der Waals surface area contributed by atoms with Crippen LogP contribution in [0.25, 0.3) is 0 Å². The number of hydrogen-bond acceptors (Lipinski definition) is 1. The lowest BCUT2D eigenvalue weighted by molar-refractivity contribution is 0.148. The zero-order chi connectivity index (χ0) is 13.9. The van der Waals surface area contributed by atoms with Crippen LogP contribution in [0.15, 0.2) is 18.2 Å². The predicted octanol–water partition coefficient (Wildman–Crippen LogP) is 4.58. The summed E-state index contributed by atoms with van der Waals surface area (Å²) in [7, 11) is 1.97. The second kappa shape index (κ2) is 6.23. The van der Waals surface area contributed by atoms with Crippen molar-refractivity contribution in [2.75, 3.05) is 7.05 Å². The number of rotatable bonds is 4. The van der Waals surface area contributed by atoms with Gasteiger partial charge in [-0.15, -0.1) is 0 Å². The van der Waals surface area contributed by atoms with Crippen LogP contribution >= 0.6 is 11.6 Å². The molecule has 1 aromatic rings. The van der Waals surface area contributed by atoms with Gasteiger partial charge in [-0.25, -0.2) is 4.39 Å². The van der Waals surface area contributed by atoms with Gasteiger partial charge in [0.05, 0.1) is 0 Å². The van der Waals surface area contributed by atoms with Gasteiger partial charge in [-0.05, 0) is 43.9 Å². The third kappa shape index (κ3) is 3.29. The molecule has 0 bridgehead atoms. The van der Waals surface area contributed by atoms with Crippen molar-refractivity contribution >= 4 is 11.6 Å². The van der Waals surface area contributed by atoms with Crippen molar-refractivity contribution in [3.63, 3.8) is 0 Å². The maximum atomic E-state index is 13.9. The van der Waals surface area contributed by atoms with Crippen LogP contribution in [0.3, 0.4) is 0 Å². The first-order chi connectivity index (χ1) is 9.07. The van der Waals surface area contributed by atoms with E-state index in [-0.39, 0.29) is 17.3 Å². The number of nitrogens with one attached hydrogen (secondary N) is 1. The molecule has 1 atom stereocenters. The molecule has 1 N–H and O–H groups in total. The van der Waals surface area contributed by atoms with Crippen molar-refractivity contribution in [1.82, 2.24) is 5.32 Å². The Labute approximate surface area is 120 Å². The van der Waals surface area contributed by atoms with Crippen LogP contribution in [0.1, 0.15) is 44.6 Å². The van der Waals surface area contributed by atoms with Gasteiger partial charge in [0.1, 0.15) is 5.82 Å². The Bertz CT molecular complexity index is 407. The van der Waals surface area contributed by atoms with Crippen molar-refractivity contribution < 1.29 is 4.39 Å². The molecule has 1 aliphatic carbocycles. The quantitative estimate of drug-likeness (QED) is 0.853. The molecule has 1 unspecified atom stereocenters. The first-order valence-corrected chi connectivity index (χ1v) is 7.55. The van der Waals surface area contributed by atoms with E-state index in [4.69, 9.17) is 11.6 Å². The number of halogens is 2. The van der Waals surface area contributed by atoms with Crippen molar-refractivity contribution in [2.24, 2.45) is 5.41 Å². The van der Waals surface area contributed by atoms with Crippen LogP contribution in [-0.2, 0) is 6.42 Å². The van der Waals surface area contributed by atoms with E-state index < -0.39 is 0 Å². The fraction of sp³-hybridized carbons (Fsp3) is 0.625. The molecule has 19 heavy (non-hydrogen) atoms. The summed E-state index contributed by atoms with van der Waals surface area (Å²) in [5, 5.41) is 3.93. The number of benzene rings is 1. The maximum Gasteiger partial charge on any atom is 0.127 e. The van der Waals surface area contributed by atoms with Gasteiger partial charge in [0.2, 0.25) is 0 Å². The van der Waals surface area contributed by atoms with Gasteiger partial charge in [-0.2, -0.15) is 0 Å². The van der Waals surface area contributed by atoms with E-state index in [2.05, 4.69) is 12.2 Å². The minimum absolute atomic E-state index is 0.188. The Morgan fingerprint density at radius 1 is 1.32 bits per heavy atom. The molecular weight excluding hydrogens is 261 g/mol. The molecule has 0 heterocycles. The molecule has 106 valence electrons. The van der Waals surface area contributed by atoms with E-state index in [9.17, 15) is 4.39 Å². The lowest BCUT2D eigenvalue weighted by atomic mass is 9.69. The average molecular weight is 284 g/mol. The average Bonchev–Trinajstić information content (AvgIpc) is 2.39. The molecule has 3 heteroatoms. The summed E-state index contributed by atoms with van der Waals surface area (Å²) in [5.41, 5.74) is 0.897. The molecule has 1 saturated carbocycles. The highest BCUT2D eigenvalue weighted by atomic mass is 35.5. The summed E-state index contributed by atoms with van der Waals surface area (Å²) in [6.45, 7) is 2.32. The topological polar surface area (TPSA) is 12.0 Å². The Balaban J connectivity index is 2.19. The Hall–Kier alpha value is -0.600. The molecule has 1 aromatic carbocycles. The Kier molecular flexibility index (Phi) is 4.86. The second-order valence-corrected chi connectivity index (χ2v) is 6.37. The largest absolute Gasteiger partial charge is 0.316 e. The Morgan fingerprint density at radius 2 is 2.00 bits per heavy atom. The molecule has 0 aliphatic heterocycles. The summed E-state index contributed by atoms with van der Waals surface area (Å²) in [4.78, 5) is 0. The van der Waals surface area contributed by atoms with Crippen LogP contribution < -0.4 is 5.32 Å². The first-order valence-electron chi connectivity index (χ1n) is 7.17. The van der Waals surface area contributed by atoms with E-state index in [0.717, 1.165) is 0 Å². The molecular formula is C16H23ClFN. The summed E-state index contributed by atoms with van der Waals surface area (Å²) in [6.07, 6.45) is 6.97. The minimum atomic E-state index is -0.188. The van der Waals surface area contributed by atoms with Crippen molar-refractivity contribution in [3.05, 3.63) is 34.6 Å². The van der Waals surface area contributed by atoms with E-state index >= 15 is 0 Å². The van der Waals surface area contributed by atoms with Crippen molar-refractivity contribution in [3.8, 4) is 0 Å². The highest BCUT2D eigenvalue weighted by Crippen LogP contribution is 2.40. The summed E-state index contributed by atoms with van der Waals surface area (Å²) < 4.78 is 13.9. The van der Waals surface area contributed by atoms with E-state index in [1.165, 1.54) is 38.2 Å². The zero-order valence-electron chi connectivity index (χ0n) is 11.8. The monoisotopic (exact) mass is 283 g/mol. The smallest absolute Gasteiger partial charge is 0.127 e. The summed E-state index contributed by atoms with van der Waals surface area (Å²) >= 11 is 6.15. The predicted molar refractivity (Wildman–Crippen MR) is 79.2 cm³/mol. The van der Waals surface area contributed by atoms with E-state index in [1.54, 1.807) is 12.1 Å². The third-order valence-electron chi connectivity index (χ3n) is 4.66. The van der Waals surface area contributed by atoms with Gasteiger partial charge < -0.3 is 5.32 Å².